The Morgan fingerprint density at radius 2 is 2.00 bits per heavy atom. The number of rotatable bonds is 5. The van der Waals surface area contributed by atoms with Crippen LogP contribution in [0.3, 0.4) is 0 Å². The molecule has 0 amide bonds. The van der Waals surface area contributed by atoms with E-state index >= 15 is 0 Å². The van der Waals surface area contributed by atoms with E-state index in [0.29, 0.717) is 5.41 Å². The molecule has 0 spiro atoms. The smallest absolute Gasteiger partial charge is 0.0409 e. The maximum Gasteiger partial charge on any atom is 0.0409 e. The fraction of sp³-hybridized carbons (Fsp3) is 0.600. The molecule has 1 aromatic carbocycles. The number of hydrogen-bond donors (Lipinski definition) is 1. The van der Waals surface area contributed by atoms with E-state index in [2.05, 4.69) is 32.7 Å². The minimum Gasteiger partial charge on any atom is -0.324 e. The lowest BCUT2D eigenvalue weighted by molar-refractivity contribution is 0.221. The van der Waals surface area contributed by atoms with Crippen molar-refractivity contribution in [3.63, 3.8) is 0 Å². The van der Waals surface area contributed by atoms with Crippen molar-refractivity contribution in [1.29, 1.82) is 0 Å². The third-order valence-electron chi connectivity index (χ3n) is 2.84. The van der Waals surface area contributed by atoms with Crippen LogP contribution < -0.4 is 5.73 Å². The fourth-order valence-electron chi connectivity index (χ4n) is 2.15. The maximum absolute atomic E-state index is 6.19. The van der Waals surface area contributed by atoms with Crippen molar-refractivity contribution in [2.24, 2.45) is 11.1 Å². The molecule has 0 aliphatic rings. The number of halogens is 1. The van der Waals surface area contributed by atoms with Gasteiger partial charge in [-0.2, -0.15) is 0 Å². The average molecular weight is 269 g/mol. The number of benzene rings is 1. The van der Waals surface area contributed by atoms with Crippen LogP contribution in [0.1, 0.15) is 38.8 Å². The second-order valence-electron chi connectivity index (χ2n) is 6.25. The molecule has 0 aliphatic carbocycles. The first-order valence-corrected chi connectivity index (χ1v) is 6.85. The van der Waals surface area contributed by atoms with Gasteiger partial charge >= 0.3 is 0 Å². The standard InChI is InChI=1S/C15H25ClN2/c1-15(2,3)11-18(4)9-8-14(17)12-6-5-7-13(16)10-12/h5-7,10,14H,8-9,11,17H2,1-4H3. The van der Waals surface area contributed by atoms with E-state index in [1.165, 1.54) is 0 Å². The Hall–Kier alpha value is -0.570. The highest BCUT2D eigenvalue weighted by atomic mass is 35.5. The van der Waals surface area contributed by atoms with Gasteiger partial charge in [0.2, 0.25) is 0 Å². The molecule has 0 saturated carbocycles. The topological polar surface area (TPSA) is 29.3 Å². The van der Waals surface area contributed by atoms with E-state index in [-0.39, 0.29) is 6.04 Å². The molecule has 0 saturated heterocycles. The van der Waals surface area contributed by atoms with Crippen LogP contribution in [0.2, 0.25) is 5.02 Å². The maximum atomic E-state index is 6.19. The van der Waals surface area contributed by atoms with Gasteiger partial charge in [0.15, 0.2) is 0 Å². The lowest BCUT2D eigenvalue weighted by Crippen LogP contribution is -2.31. The van der Waals surface area contributed by atoms with Gasteiger partial charge in [-0.1, -0.05) is 44.5 Å². The molecular formula is C15H25ClN2. The molecular weight excluding hydrogens is 244 g/mol. The molecule has 0 aliphatic heterocycles. The molecule has 18 heavy (non-hydrogen) atoms. The van der Waals surface area contributed by atoms with Crippen LogP contribution in [0.15, 0.2) is 24.3 Å². The predicted molar refractivity (Wildman–Crippen MR) is 79.9 cm³/mol. The third kappa shape index (κ3) is 5.85. The Morgan fingerprint density at radius 3 is 2.56 bits per heavy atom. The normalized spacial score (nSPS) is 13.9. The van der Waals surface area contributed by atoms with E-state index in [1.807, 2.05) is 24.3 Å². The average Bonchev–Trinajstić information content (AvgIpc) is 2.23. The number of nitrogens with two attached hydrogens (primary N) is 1. The van der Waals surface area contributed by atoms with Crippen LogP contribution in [-0.4, -0.2) is 25.0 Å². The van der Waals surface area contributed by atoms with Crippen molar-refractivity contribution in [2.45, 2.75) is 33.2 Å². The highest BCUT2D eigenvalue weighted by Crippen LogP contribution is 2.19. The van der Waals surface area contributed by atoms with Gasteiger partial charge < -0.3 is 10.6 Å². The molecule has 0 fully saturated rings. The van der Waals surface area contributed by atoms with E-state index in [9.17, 15) is 0 Å². The minimum absolute atomic E-state index is 0.0612. The molecule has 1 rings (SSSR count). The lowest BCUT2D eigenvalue weighted by Gasteiger charge is -2.27. The van der Waals surface area contributed by atoms with Gasteiger partial charge in [-0.15, -0.1) is 0 Å². The first kappa shape index (κ1) is 15.5. The van der Waals surface area contributed by atoms with Crippen LogP contribution in [0, 0.1) is 5.41 Å². The summed E-state index contributed by atoms with van der Waals surface area (Å²) in [6, 6.07) is 7.89. The van der Waals surface area contributed by atoms with E-state index < -0.39 is 0 Å². The summed E-state index contributed by atoms with van der Waals surface area (Å²) in [5.41, 5.74) is 7.64. The zero-order chi connectivity index (χ0) is 13.8. The van der Waals surface area contributed by atoms with Gasteiger partial charge in [0.1, 0.15) is 0 Å². The van der Waals surface area contributed by atoms with Crippen molar-refractivity contribution in [2.75, 3.05) is 20.1 Å². The highest BCUT2D eigenvalue weighted by molar-refractivity contribution is 6.30. The van der Waals surface area contributed by atoms with Crippen LogP contribution in [0.5, 0.6) is 0 Å². The molecule has 0 bridgehead atoms. The van der Waals surface area contributed by atoms with Crippen LogP contribution in [-0.2, 0) is 0 Å². The zero-order valence-electron chi connectivity index (χ0n) is 11.9. The van der Waals surface area contributed by atoms with Crippen molar-refractivity contribution in [3.05, 3.63) is 34.9 Å². The van der Waals surface area contributed by atoms with Crippen LogP contribution in [0.4, 0.5) is 0 Å². The summed E-state index contributed by atoms with van der Waals surface area (Å²) in [6.07, 6.45) is 0.951. The quantitative estimate of drug-likeness (QED) is 0.882. The van der Waals surface area contributed by atoms with E-state index in [0.717, 1.165) is 30.1 Å². The van der Waals surface area contributed by atoms with Crippen molar-refractivity contribution >= 4 is 11.6 Å². The predicted octanol–water partition coefficient (Wildman–Crippen LogP) is 3.71. The molecule has 1 atom stereocenters. The minimum atomic E-state index is 0.0612. The molecule has 2 nitrogen and oxygen atoms in total. The number of nitrogens with zero attached hydrogens (tertiary/aromatic N) is 1. The summed E-state index contributed by atoms with van der Waals surface area (Å²) in [5, 5.41) is 0.756. The molecule has 1 aromatic rings. The van der Waals surface area contributed by atoms with Crippen molar-refractivity contribution < 1.29 is 0 Å². The van der Waals surface area contributed by atoms with Gasteiger partial charge in [0.25, 0.3) is 0 Å². The van der Waals surface area contributed by atoms with E-state index in [1.54, 1.807) is 0 Å². The summed E-state index contributed by atoms with van der Waals surface area (Å²) >= 11 is 5.97. The Labute approximate surface area is 116 Å². The molecule has 1 unspecified atom stereocenters. The van der Waals surface area contributed by atoms with Crippen molar-refractivity contribution in [3.8, 4) is 0 Å². The van der Waals surface area contributed by atoms with Gasteiger partial charge in [-0.3, -0.25) is 0 Å². The van der Waals surface area contributed by atoms with Gasteiger partial charge in [0.05, 0.1) is 0 Å². The monoisotopic (exact) mass is 268 g/mol. The van der Waals surface area contributed by atoms with Gasteiger partial charge in [0, 0.05) is 17.6 Å². The van der Waals surface area contributed by atoms with Crippen LogP contribution in [0.25, 0.3) is 0 Å². The summed E-state index contributed by atoms with van der Waals surface area (Å²) in [7, 11) is 2.15. The third-order valence-corrected chi connectivity index (χ3v) is 3.08. The SMILES string of the molecule is CN(CCC(N)c1cccc(Cl)c1)CC(C)(C)C. The highest BCUT2D eigenvalue weighted by Gasteiger charge is 2.14. The zero-order valence-corrected chi connectivity index (χ0v) is 12.7. The fourth-order valence-corrected chi connectivity index (χ4v) is 2.35. The van der Waals surface area contributed by atoms with Crippen molar-refractivity contribution in [1.82, 2.24) is 4.90 Å². The summed E-state index contributed by atoms with van der Waals surface area (Å²) in [6.45, 7) is 8.83. The Kier molecular flexibility index (Phi) is 5.64. The largest absolute Gasteiger partial charge is 0.324 e. The molecule has 0 radical (unpaired) electrons. The second-order valence-corrected chi connectivity index (χ2v) is 6.69. The summed E-state index contributed by atoms with van der Waals surface area (Å²) < 4.78 is 0. The molecule has 0 heterocycles. The Bertz CT molecular complexity index is 371. The second kappa shape index (κ2) is 6.55. The summed E-state index contributed by atoms with van der Waals surface area (Å²) in [5.74, 6) is 0. The molecule has 0 aromatic heterocycles. The number of hydrogen-bond acceptors (Lipinski definition) is 2. The van der Waals surface area contributed by atoms with Crippen LogP contribution >= 0.6 is 11.6 Å². The summed E-state index contributed by atoms with van der Waals surface area (Å²) in [4.78, 5) is 2.34. The first-order valence-electron chi connectivity index (χ1n) is 6.47. The Balaban J connectivity index is 2.44. The molecule has 2 N–H and O–H groups in total. The van der Waals surface area contributed by atoms with Gasteiger partial charge in [-0.05, 0) is 43.1 Å². The van der Waals surface area contributed by atoms with E-state index in [4.69, 9.17) is 17.3 Å². The first-order chi connectivity index (χ1) is 8.28. The van der Waals surface area contributed by atoms with Gasteiger partial charge in [-0.25, -0.2) is 0 Å². The lowest BCUT2D eigenvalue weighted by atomic mass is 9.96. The Morgan fingerprint density at radius 1 is 1.33 bits per heavy atom. The molecule has 102 valence electrons. The molecule has 3 heteroatoms.